The molecule has 1 fully saturated rings. The van der Waals surface area contributed by atoms with Gasteiger partial charge in [-0.05, 0) is 101 Å². The van der Waals surface area contributed by atoms with Gasteiger partial charge in [0.25, 0.3) is 5.56 Å². The van der Waals surface area contributed by atoms with Crippen molar-refractivity contribution in [1.82, 2.24) is 14.5 Å². The van der Waals surface area contributed by atoms with Gasteiger partial charge in [0.05, 0.1) is 20.8 Å². The number of pyridine rings is 2. The molecule has 0 atom stereocenters. The molecule has 8 heteroatoms. The number of benzene rings is 2. The molecule has 1 aliphatic heterocycles. The Balaban J connectivity index is 1.68. The summed E-state index contributed by atoms with van der Waals surface area (Å²) >= 11 is 14.9. The van der Waals surface area contributed by atoms with Gasteiger partial charge in [-0.2, -0.15) is 0 Å². The molecule has 2 aromatic heterocycles. The van der Waals surface area contributed by atoms with E-state index in [2.05, 4.69) is 25.7 Å². The van der Waals surface area contributed by atoms with E-state index in [1.807, 2.05) is 25.1 Å². The van der Waals surface area contributed by atoms with Crippen LogP contribution in [0.3, 0.4) is 0 Å². The minimum absolute atomic E-state index is 0.145. The molecular weight excluding hydrogens is 540 g/mol. The molecule has 198 valence electrons. The van der Waals surface area contributed by atoms with E-state index < -0.39 is 5.82 Å². The van der Waals surface area contributed by atoms with Crippen molar-refractivity contribution in [3.8, 4) is 16.8 Å². The zero-order valence-corrected chi connectivity index (χ0v) is 24.2. The second-order valence-corrected chi connectivity index (χ2v) is 12.9. The summed E-state index contributed by atoms with van der Waals surface area (Å²) in [6, 6.07) is 15.2. The monoisotopic (exact) mass is 569 g/mol. The molecular formula is C30H30Cl2FN3OS. The van der Waals surface area contributed by atoms with E-state index in [1.54, 1.807) is 34.5 Å². The van der Waals surface area contributed by atoms with Crippen molar-refractivity contribution in [3.05, 3.63) is 86.4 Å². The summed E-state index contributed by atoms with van der Waals surface area (Å²) in [6.07, 6.45) is 2.08. The van der Waals surface area contributed by atoms with Gasteiger partial charge in [-0.3, -0.25) is 14.3 Å². The summed E-state index contributed by atoms with van der Waals surface area (Å²) in [7, 11) is 0. The van der Waals surface area contributed by atoms with Crippen LogP contribution < -0.4 is 5.56 Å². The molecule has 0 radical (unpaired) electrons. The van der Waals surface area contributed by atoms with E-state index in [9.17, 15) is 9.18 Å². The number of halogens is 3. The van der Waals surface area contributed by atoms with Gasteiger partial charge in [0.15, 0.2) is 0 Å². The van der Waals surface area contributed by atoms with Crippen molar-refractivity contribution in [1.29, 1.82) is 0 Å². The van der Waals surface area contributed by atoms with E-state index in [1.165, 1.54) is 18.2 Å². The van der Waals surface area contributed by atoms with Gasteiger partial charge < -0.3 is 0 Å². The standard InChI is InChI=1S/C30H30Cl2FN3OS/c1-18-6-5-7-24(31)28(18)36-27(37)11-10-22-23(21-9-8-19(33)16-25(21)32)17-26(34-29(22)36)38-20-12-14-35(15-13-20)30(2,3)4/h5-11,16-17,20H,12-15H2,1-4H3. The van der Waals surface area contributed by atoms with Crippen LogP contribution in [0.15, 0.2) is 64.4 Å². The number of fused-ring (bicyclic) bond motifs is 1. The Morgan fingerprint density at radius 2 is 1.71 bits per heavy atom. The summed E-state index contributed by atoms with van der Waals surface area (Å²) < 4.78 is 15.5. The number of hydrogen-bond donors (Lipinski definition) is 0. The molecule has 3 heterocycles. The van der Waals surface area contributed by atoms with E-state index in [0.717, 1.165) is 47.5 Å². The topological polar surface area (TPSA) is 38.1 Å². The molecule has 0 saturated carbocycles. The number of likely N-dealkylation sites (tertiary alicyclic amines) is 1. The lowest BCUT2D eigenvalue weighted by Crippen LogP contribution is -2.46. The van der Waals surface area contributed by atoms with Crippen LogP contribution in [-0.4, -0.2) is 38.3 Å². The van der Waals surface area contributed by atoms with Gasteiger partial charge in [-0.25, -0.2) is 9.37 Å². The van der Waals surface area contributed by atoms with Crippen LogP contribution in [0.25, 0.3) is 27.8 Å². The van der Waals surface area contributed by atoms with E-state index in [-0.39, 0.29) is 11.1 Å². The third-order valence-corrected chi connectivity index (χ3v) is 9.02. The molecule has 1 saturated heterocycles. The molecule has 4 nitrogen and oxygen atoms in total. The minimum atomic E-state index is -0.402. The highest BCUT2D eigenvalue weighted by molar-refractivity contribution is 7.99. The molecule has 0 bridgehead atoms. The maximum atomic E-state index is 13.9. The van der Waals surface area contributed by atoms with Gasteiger partial charge in [0.2, 0.25) is 0 Å². The van der Waals surface area contributed by atoms with Crippen molar-refractivity contribution in [2.75, 3.05) is 13.1 Å². The number of aryl methyl sites for hydroxylation is 1. The van der Waals surface area contributed by atoms with E-state index >= 15 is 0 Å². The predicted octanol–water partition coefficient (Wildman–Crippen LogP) is 8.16. The summed E-state index contributed by atoms with van der Waals surface area (Å²) in [6.45, 7) is 10.7. The Morgan fingerprint density at radius 1 is 0.974 bits per heavy atom. The maximum absolute atomic E-state index is 13.9. The lowest BCUT2D eigenvalue weighted by Gasteiger charge is -2.40. The molecule has 38 heavy (non-hydrogen) atoms. The third-order valence-electron chi connectivity index (χ3n) is 7.15. The fourth-order valence-electron chi connectivity index (χ4n) is 5.12. The zero-order valence-electron chi connectivity index (χ0n) is 21.9. The molecule has 0 spiro atoms. The normalized spacial score (nSPS) is 15.3. The Morgan fingerprint density at radius 3 is 2.37 bits per heavy atom. The maximum Gasteiger partial charge on any atom is 0.256 e. The van der Waals surface area contributed by atoms with E-state index in [4.69, 9.17) is 28.2 Å². The second-order valence-electron chi connectivity index (χ2n) is 10.8. The number of piperidine rings is 1. The lowest BCUT2D eigenvalue weighted by atomic mass is 10.0. The Labute approximate surface area is 236 Å². The first-order chi connectivity index (χ1) is 18.0. The molecule has 0 aliphatic carbocycles. The van der Waals surface area contributed by atoms with E-state index in [0.29, 0.717) is 32.2 Å². The van der Waals surface area contributed by atoms with Crippen LogP contribution in [0.4, 0.5) is 4.39 Å². The highest BCUT2D eigenvalue weighted by atomic mass is 35.5. The predicted molar refractivity (Wildman–Crippen MR) is 158 cm³/mol. The largest absolute Gasteiger partial charge is 0.298 e. The second kappa shape index (κ2) is 10.6. The fraction of sp³-hybridized carbons (Fsp3) is 0.333. The highest BCUT2D eigenvalue weighted by Crippen LogP contribution is 2.39. The number of nitrogens with zero attached hydrogens (tertiary/aromatic N) is 3. The van der Waals surface area contributed by atoms with Crippen LogP contribution in [0.1, 0.15) is 39.2 Å². The van der Waals surface area contributed by atoms with Gasteiger partial charge in [-0.15, -0.1) is 11.8 Å². The van der Waals surface area contributed by atoms with Crippen LogP contribution in [0.5, 0.6) is 0 Å². The average Bonchev–Trinajstić information content (AvgIpc) is 2.84. The SMILES string of the molecule is Cc1cccc(Cl)c1-n1c(=O)ccc2c(-c3ccc(F)cc3Cl)cc(SC3CCN(C(C)(C)C)CC3)nc21. The van der Waals surface area contributed by atoms with Crippen molar-refractivity contribution in [2.24, 2.45) is 0 Å². The first kappa shape index (κ1) is 27.2. The zero-order chi connectivity index (χ0) is 27.2. The summed E-state index contributed by atoms with van der Waals surface area (Å²) in [5.41, 5.74) is 3.38. The number of hydrogen-bond acceptors (Lipinski definition) is 4. The van der Waals surface area contributed by atoms with Gasteiger partial charge in [0.1, 0.15) is 11.5 Å². The van der Waals surface area contributed by atoms with Crippen LogP contribution in [0.2, 0.25) is 10.0 Å². The summed E-state index contributed by atoms with van der Waals surface area (Å²) in [4.78, 5) is 20.8. The highest BCUT2D eigenvalue weighted by Gasteiger charge is 2.28. The number of aromatic nitrogens is 2. The van der Waals surface area contributed by atoms with Gasteiger partial charge in [-0.1, -0.05) is 35.3 Å². The number of para-hydroxylation sites is 1. The Bertz CT molecular complexity index is 1550. The number of thioether (sulfide) groups is 1. The lowest BCUT2D eigenvalue weighted by molar-refractivity contribution is 0.113. The molecule has 2 aromatic carbocycles. The van der Waals surface area contributed by atoms with Crippen molar-refractivity contribution in [3.63, 3.8) is 0 Å². The third kappa shape index (κ3) is 5.37. The molecule has 0 amide bonds. The van der Waals surface area contributed by atoms with Crippen molar-refractivity contribution < 1.29 is 4.39 Å². The first-order valence-electron chi connectivity index (χ1n) is 12.7. The first-order valence-corrected chi connectivity index (χ1v) is 14.4. The van der Waals surface area contributed by atoms with Crippen LogP contribution in [0, 0.1) is 12.7 Å². The summed E-state index contributed by atoms with van der Waals surface area (Å²) in [5.74, 6) is -0.402. The molecule has 5 rings (SSSR count). The number of rotatable bonds is 4. The Kier molecular flexibility index (Phi) is 7.62. The van der Waals surface area contributed by atoms with Crippen molar-refractivity contribution >= 4 is 46.0 Å². The smallest absolute Gasteiger partial charge is 0.256 e. The molecule has 1 aliphatic rings. The van der Waals surface area contributed by atoms with Crippen LogP contribution in [-0.2, 0) is 0 Å². The molecule has 0 N–H and O–H groups in total. The molecule has 4 aromatic rings. The summed E-state index contributed by atoms with van der Waals surface area (Å²) in [5, 5.41) is 2.70. The van der Waals surface area contributed by atoms with Gasteiger partial charge >= 0.3 is 0 Å². The minimum Gasteiger partial charge on any atom is -0.298 e. The average molecular weight is 571 g/mol. The Hall–Kier alpha value is -2.38. The molecule has 0 unspecified atom stereocenters. The quantitative estimate of drug-likeness (QED) is 0.248. The van der Waals surface area contributed by atoms with Crippen LogP contribution >= 0.6 is 35.0 Å². The van der Waals surface area contributed by atoms with Gasteiger partial charge in [0, 0.05) is 27.8 Å². The van der Waals surface area contributed by atoms with Crippen molar-refractivity contribution in [2.45, 2.75) is 56.4 Å². The fourth-order valence-corrected chi connectivity index (χ4v) is 6.80.